The van der Waals surface area contributed by atoms with Crippen molar-refractivity contribution in [3.8, 4) is 5.75 Å². The van der Waals surface area contributed by atoms with E-state index in [1.54, 1.807) is 0 Å². The van der Waals surface area contributed by atoms with Crippen LogP contribution < -0.4 is 10.1 Å². The summed E-state index contributed by atoms with van der Waals surface area (Å²) in [7, 11) is 0. The third kappa shape index (κ3) is 8.85. The van der Waals surface area contributed by atoms with E-state index in [1.165, 1.54) is 5.56 Å². The first-order chi connectivity index (χ1) is 25.7. The number of carbonyl (C=O) groups excluding carboxylic acids is 1. The third-order valence-electron chi connectivity index (χ3n) is 9.72. The van der Waals surface area contributed by atoms with Crippen LogP contribution in [0.15, 0.2) is 181 Å². The molecule has 6 aromatic rings. The quantitative estimate of drug-likeness (QED) is 0.118. The average Bonchev–Trinajstić information content (AvgIpc) is 3.55. The molecule has 1 aliphatic heterocycles. The Kier molecular flexibility index (Phi) is 11.5. The Balaban J connectivity index is 1.21. The molecule has 0 bridgehead atoms. The Morgan fingerprint density at radius 1 is 0.615 bits per heavy atom. The van der Waals surface area contributed by atoms with Gasteiger partial charge in [-0.3, -0.25) is 9.79 Å². The van der Waals surface area contributed by atoms with Gasteiger partial charge < -0.3 is 15.0 Å². The third-order valence-corrected chi connectivity index (χ3v) is 9.72. The van der Waals surface area contributed by atoms with E-state index in [0.717, 1.165) is 52.2 Å². The molecule has 1 heterocycles. The second-order valence-electron chi connectivity index (χ2n) is 13.4. The van der Waals surface area contributed by atoms with Crippen molar-refractivity contribution in [1.29, 1.82) is 0 Å². The van der Waals surface area contributed by atoms with Crippen LogP contribution in [-0.2, 0) is 30.8 Å². The van der Waals surface area contributed by atoms with Crippen molar-refractivity contribution in [2.45, 2.75) is 50.4 Å². The van der Waals surface area contributed by atoms with Gasteiger partial charge in [0.2, 0.25) is 5.91 Å². The lowest BCUT2D eigenvalue weighted by Gasteiger charge is -2.33. The van der Waals surface area contributed by atoms with Gasteiger partial charge in [-0.2, -0.15) is 0 Å². The Morgan fingerprint density at radius 3 is 1.71 bits per heavy atom. The smallest absolute Gasteiger partial charge is 0.245 e. The number of ether oxygens (including phenoxy) is 1. The van der Waals surface area contributed by atoms with Crippen molar-refractivity contribution in [2.24, 2.45) is 4.99 Å². The zero-order valence-corrected chi connectivity index (χ0v) is 29.4. The zero-order chi connectivity index (χ0) is 35.4. The van der Waals surface area contributed by atoms with Gasteiger partial charge in [-0.05, 0) is 64.8 Å². The lowest BCUT2D eigenvalue weighted by atomic mass is 9.89. The number of rotatable bonds is 15. The number of amides is 1. The number of amidine groups is 1. The Labute approximate surface area is 307 Å². The first kappa shape index (κ1) is 34.5. The zero-order valence-electron chi connectivity index (χ0n) is 29.4. The van der Waals surface area contributed by atoms with E-state index in [1.807, 2.05) is 60.7 Å². The van der Waals surface area contributed by atoms with E-state index in [-0.39, 0.29) is 17.9 Å². The Bertz CT molecular complexity index is 1960. The van der Waals surface area contributed by atoms with Gasteiger partial charge >= 0.3 is 0 Å². The van der Waals surface area contributed by atoms with Crippen molar-refractivity contribution in [3.05, 3.63) is 209 Å². The number of hydrogen-bond acceptors (Lipinski definition) is 4. The maximum Gasteiger partial charge on any atom is 0.245 e. The summed E-state index contributed by atoms with van der Waals surface area (Å²) in [5, 5.41) is 3.30. The number of nitrogens with zero attached hydrogens (tertiary/aromatic N) is 2. The Morgan fingerprint density at radius 2 is 1.13 bits per heavy atom. The molecule has 0 aromatic heterocycles. The molecule has 0 spiro atoms. The molecule has 1 N–H and O–H groups in total. The molecule has 0 radical (unpaired) electrons. The summed E-state index contributed by atoms with van der Waals surface area (Å²) in [6.07, 6.45) is 2.43. The molecule has 1 aliphatic rings. The highest BCUT2D eigenvalue weighted by molar-refractivity contribution is 5.99. The summed E-state index contributed by atoms with van der Waals surface area (Å²) < 4.78 is 6.09. The van der Waals surface area contributed by atoms with Gasteiger partial charge in [0.25, 0.3) is 0 Å². The lowest BCUT2D eigenvalue weighted by Crippen LogP contribution is -2.52. The lowest BCUT2D eigenvalue weighted by molar-refractivity contribution is -0.125. The van der Waals surface area contributed by atoms with Crippen LogP contribution in [0.2, 0.25) is 0 Å². The van der Waals surface area contributed by atoms with Crippen LogP contribution in [0, 0.1) is 0 Å². The fourth-order valence-electron chi connectivity index (χ4n) is 7.11. The van der Waals surface area contributed by atoms with Crippen LogP contribution >= 0.6 is 0 Å². The van der Waals surface area contributed by atoms with Crippen molar-refractivity contribution in [3.63, 3.8) is 0 Å². The summed E-state index contributed by atoms with van der Waals surface area (Å²) >= 11 is 0. The van der Waals surface area contributed by atoms with Gasteiger partial charge in [0, 0.05) is 13.1 Å². The van der Waals surface area contributed by atoms with Gasteiger partial charge in [0.15, 0.2) is 0 Å². The molecule has 52 heavy (non-hydrogen) atoms. The molecule has 0 saturated heterocycles. The summed E-state index contributed by atoms with van der Waals surface area (Å²) in [4.78, 5) is 22.4. The maximum atomic E-state index is 14.5. The highest BCUT2D eigenvalue weighted by Gasteiger charge is 2.43. The van der Waals surface area contributed by atoms with Crippen molar-refractivity contribution in [1.82, 2.24) is 10.2 Å². The minimum absolute atomic E-state index is 0.00463. The van der Waals surface area contributed by atoms with E-state index in [2.05, 4.69) is 125 Å². The van der Waals surface area contributed by atoms with Crippen molar-refractivity contribution < 1.29 is 9.53 Å². The molecule has 5 heteroatoms. The second-order valence-corrected chi connectivity index (χ2v) is 13.4. The van der Waals surface area contributed by atoms with Crippen LogP contribution in [0.3, 0.4) is 0 Å². The predicted molar refractivity (Wildman–Crippen MR) is 210 cm³/mol. The van der Waals surface area contributed by atoms with Crippen molar-refractivity contribution in [2.75, 3.05) is 6.54 Å². The number of nitrogens with one attached hydrogen (secondary N) is 1. The molecular weight excluding hydrogens is 639 g/mol. The van der Waals surface area contributed by atoms with Crippen LogP contribution in [0.1, 0.15) is 45.7 Å². The Hall–Kier alpha value is -5.94. The maximum absolute atomic E-state index is 14.5. The molecule has 0 fully saturated rings. The summed E-state index contributed by atoms with van der Waals surface area (Å²) in [5.74, 6) is 1.63. The van der Waals surface area contributed by atoms with Gasteiger partial charge in [0.1, 0.15) is 24.2 Å². The first-order valence-electron chi connectivity index (χ1n) is 18.3. The summed E-state index contributed by atoms with van der Waals surface area (Å²) in [6.45, 7) is 1.68. The van der Waals surface area contributed by atoms with Gasteiger partial charge in [-0.1, -0.05) is 164 Å². The largest absolute Gasteiger partial charge is 0.489 e. The number of benzene rings is 6. The predicted octanol–water partition coefficient (Wildman–Crippen LogP) is 9.04. The fourth-order valence-corrected chi connectivity index (χ4v) is 7.11. The first-order valence-corrected chi connectivity index (χ1v) is 18.3. The van der Waals surface area contributed by atoms with Crippen LogP contribution in [0.4, 0.5) is 0 Å². The standard InChI is InChI=1S/C47H45N3O2/c51-47(48-34-38-19-8-2-9-20-38)45-43(33-37-28-30-42(31-29-37)52-35-39-21-10-3-11-22-39)49-46(50(45)32-16-23-36-17-6-1-7-18-36)44(40-24-12-4-13-25-40)41-26-14-5-15-27-41/h1-15,17-22,24-31,43-45H,16,23,32-35H2,(H,48,51). The topological polar surface area (TPSA) is 53.9 Å². The second kappa shape index (κ2) is 17.3. The average molecular weight is 684 g/mol. The molecule has 7 rings (SSSR count). The van der Waals surface area contributed by atoms with Gasteiger partial charge in [-0.15, -0.1) is 0 Å². The molecular formula is C47H45N3O2. The van der Waals surface area contributed by atoms with Gasteiger partial charge in [-0.25, -0.2) is 0 Å². The fraction of sp³-hybridized carbons (Fsp3) is 0.191. The van der Waals surface area contributed by atoms with E-state index in [4.69, 9.17) is 9.73 Å². The molecule has 2 atom stereocenters. The van der Waals surface area contributed by atoms with Crippen LogP contribution in [0.25, 0.3) is 0 Å². The molecule has 2 unspecified atom stereocenters. The van der Waals surface area contributed by atoms with E-state index < -0.39 is 6.04 Å². The monoisotopic (exact) mass is 683 g/mol. The van der Waals surface area contributed by atoms with E-state index >= 15 is 0 Å². The molecule has 260 valence electrons. The number of carbonyl (C=O) groups is 1. The van der Waals surface area contributed by atoms with E-state index in [0.29, 0.717) is 26.1 Å². The minimum Gasteiger partial charge on any atom is -0.489 e. The normalized spacial score (nSPS) is 15.3. The summed E-state index contributed by atoms with van der Waals surface area (Å²) in [6, 6.07) is 59.6. The number of aryl methyl sites for hydroxylation is 1. The molecule has 5 nitrogen and oxygen atoms in total. The van der Waals surface area contributed by atoms with Crippen LogP contribution in [0.5, 0.6) is 5.75 Å². The minimum atomic E-state index is -0.474. The van der Waals surface area contributed by atoms with Gasteiger partial charge in [0.05, 0.1) is 12.0 Å². The number of hydrogen-bond donors (Lipinski definition) is 1. The molecule has 1 amide bonds. The molecule has 0 aliphatic carbocycles. The highest BCUT2D eigenvalue weighted by Crippen LogP contribution is 2.35. The molecule has 0 saturated carbocycles. The van der Waals surface area contributed by atoms with E-state index in [9.17, 15) is 4.79 Å². The van der Waals surface area contributed by atoms with Crippen LogP contribution in [-0.4, -0.2) is 35.3 Å². The number of aliphatic imine (C=N–C) groups is 1. The van der Waals surface area contributed by atoms with Crippen molar-refractivity contribution >= 4 is 11.7 Å². The highest BCUT2D eigenvalue weighted by atomic mass is 16.5. The SMILES string of the molecule is O=C(NCc1ccccc1)C1C(Cc2ccc(OCc3ccccc3)cc2)N=C(C(c2ccccc2)c2ccccc2)N1CCCc1ccccc1. The summed E-state index contributed by atoms with van der Waals surface area (Å²) in [5.41, 5.74) is 6.92. The molecule has 6 aromatic carbocycles.